The van der Waals surface area contributed by atoms with Gasteiger partial charge in [0.05, 0.1) is 5.69 Å². The first-order valence-corrected chi connectivity index (χ1v) is 7.09. The minimum atomic E-state index is 0.857. The molecule has 18 heavy (non-hydrogen) atoms. The number of anilines is 1. The average Bonchev–Trinajstić information content (AvgIpc) is 2.42. The normalized spacial score (nSPS) is 16.0. The lowest BCUT2D eigenvalue weighted by Crippen LogP contribution is -2.31. The number of nitrogens with zero attached hydrogens (tertiary/aromatic N) is 3. The topological polar surface area (TPSA) is 41.1 Å². The van der Waals surface area contributed by atoms with Crippen LogP contribution in [0, 0.1) is 0 Å². The first kappa shape index (κ1) is 13.3. The van der Waals surface area contributed by atoms with E-state index in [1.54, 1.807) is 0 Å². The van der Waals surface area contributed by atoms with Crippen LogP contribution in [-0.2, 0) is 13.0 Å². The van der Waals surface area contributed by atoms with E-state index in [0.717, 1.165) is 38.4 Å². The van der Waals surface area contributed by atoms with Crippen LogP contribution >= 0.6 is 0 Å². The van der Waals surface area contributed by atoms with Crippen molar-refractivity contribution in [1.29, 1.82) is 0 Å². The minimum absolute atomic E-state index is 0.857. The predicted molar refractivity (Wildman–Crippen MR) is 74.9 cm³/mol. The van der Waals surface area contributed by atoms with Gasteiger partial charge in [-0.1, -0.05) is 13.3 Å². The monoisotopic (exact) mass is 248 g/mol. The molecule has 1 saturated heterocycles. The van der Waals surface area contributed by atoms with Gasteiger partial charge in [-0.25, -0.2) is 9.97 Å². The Hall–Kier alpha value is -1.16. The second-order valence-electron chi connectivity index (χ2n) is 4.97. The zero-order valence-electron chi connectivity index (χ0n) is 11.6. The molecule has 0 saturated carbocycles. The summed E-state index contributed by atoms with van der Waals surface area (Å²) < 4.78 is 0. The highest BCUT2D eigenvalue weighted by molar-refractivity contribution is 5.33. The number of piperidine rings is 1. The van der Waals surface area contributed by atoms with Crippen molar-refractivity contribution in [3.05, 3.63) is 17.5 Å². The van der Waals surface area contributed by atoms with Gasteiger partial charge in [-0.3, -0.25) is 0 Å². The lowest BCUT2D eigenvalue weighted by Gasteiger charge is -2.27. The van der Waals surface area contributed by atoms with Gasteiger partial charge in [0, 0.05) is 31.4 Å². The Balaban J connectivity index is 2.18. The molecule has 0 bridgehead atoms. The summed E-state index contributed by atoms with van der Waals surface area (Å²) in [6.45, 7) is 5.27. The highest BCUT2D eigenvalue weighted by Crippen LogP contribution is 2.18. The average molecular weight is 248 g/mol. The summed E-state index contributed by atoms with van der Waals surface area (Å²) in [6, 6.07) is 0. The van der Waals surface area contributed by atoms with Crippen LogP contribution in [0.5, 0.6) is 0 Å². The maximum absolute atomic E-state index is 4.78. The fourth-order valence-corrected chi connectivity index (χ4v) is 2.47. The molecular formula is C14H24N4. The third-order valence-corrected chi connectivity index (χ3v) is 3.43. The molecular weight excluding hydrogens is 224 g/mol. The Bertz CT molecular complexity index is 372. The first-order valence-electron chi connectivity index (χ1n) is 7.09. The van der Waals surface area contributed by atoms with Crippen molar-refractivity contribution in [3.8, 4) is 0 Å². The van der Waals surface area contributed by atoms with Crippen LogP contribution in [0.1, 0.15) is 43.9 Å². The van der Waals surface area contributed by atoms with Gasteiger partial charge in [0.15, 0.2) is 0 Å². The van der Waals surface area contributed by atoms with Gasteiger partial charge < -0.3 is 10.2 Å². The SMILES string of the molecule is CCCc1nc(N2CCCCC2)ncc1CNC. The van der Waals surface area contributed by atoms with E-state index in [0.29, 0.717) is 0 Å². The smallest absolute Gasteiger partial charge is 0.225 e. The number of hydrogen-bond acceptors (Lipinski definition) is 4. The first-order chi connectivity index (χ1) is 8.85. The molecule has 1 aliphatic rings. The Kier molecular flexibility index (Phi) is 4.93. The van der Waals surface area contributed by atoms with E-state index in [-0.39, 0.29) is 0 Å². The van der Waals surface area contributed by atoms with Gasteiger partial charge in [-0.2, -0.15) is 0 Å². The quantitative estimate of drug-likeness (QED) is 0.867. The van der Waals surface area contributed by atoms with Gasteiger partial charge in [0.2, 0.25) is 5.95 Å². The fraction of sp³-hybridized carbons (Fsp3) is 0.714. The highest BCUT2D eigenvalue weighted by Gasteiger charge is 2.15. The van der Waals surface area contributed by atoms with E-state index in [2.05, 4.69) is 22.1 Å². The van der Waals surface area contributed by atoms with Gasteiger partial charge in [-0.05, 0) is 32.7 Å². The summed E-state index contributed by atoms with van der Waals surface area (Å²) in [5.74, 6) is 0.929. The van der Waals surface area contributed by atoms with Gasteiger partial charge in [-0.15, -0.1) is 0 Å². The minimum Gasteiger partial charge on any atom is -0.341 e. The number of aryl methyl sites for hydroxylation is 1. The molecule has 1 fully saturated rings. The summed E-state index contributed by atoms with van der Waals surface area (Å²) in [4.78, 5) is 11.6. The molecule has 0 atom stereocenters. The van der Waals surface area contributed by atoms with Crippen LogP contribution in [0.4, 0.5) is 5.95 Å². The molecule has 100 valence electrons. The Morgan fingerprint density at radius 1 is 1.28 bits per heavy atom. The molecule has 1 aliphatic heterocycles. The van der Waals surface area contributed by atoms with E-state index in [1.165, 1.54) is 30.5 Å². The molecule has 0 unspecified atom stereocenters. The maximum Gasteiger partial charge on any atom is 0.225 e. The van der Waals surface area contributed by atoms with Crippen molar-refractivity contribution in [2.45, 2.75) is 45.6 Å². The van der Waals surface area contributed by atoms with E-state index in [1.807, 2.05) is 13.2 Å². The lowest BCUT2D eigenvalue weighted by molar-refractivity contribution is 0.566. The molecule has 1 aromatic rings. The van der Waals surface area contributed by atoms with Crippen molar-refractivity contribution < 1.29 is 0 Å². The van der Waals surface area contributed by atoms with Crippen LogP contribution in [0.25, 0.3) is 0 Å². The molecule has 4 nitrogen and oxygen atoms in total. The molecule has 0 aliphatic carbocycles. The van der Waals surface area contributed by atoms with E-state index in [9.17, 15) is 0 Å². The molecule has 2 rings (SSSR count). The number of nitrogens with one attached hydrogen (secondary N) is 1. The summed E-state index contributed by atoms with van der Waals surface area (Å²) in [7, 11) is 1.97. The molecule has 0 radical (unpaired) electrons. The summed E-state index contributed by atoms with van der Waals surface area (Å²) in [5.41, 5.74) is 2.45. The number of aromatic nitrogens is 2. The van der Waals surface area contributed by atoms with Crippen molar-refractivity contribution in [3.63, 3.8) is 0 Å². The molecule has 0 aromatic carbocycles. The number of rotatable bonds is 5. The van der Waals surface area contributed by atoms with E-state index in [4.69, 9.17) is 4.98 Å². The van der Waals surface area contributed by atoms with Crippen molar-refractivity contribution >= 4 is 5.95 Å². The standard InChI is InChI=1S/C14H24N4/c1-3-7-13-12(10-15-2)11-16-14(17-13)18-8-5-4-6-9-18/h11,15H,3-10H2,1-2H3. The van der Waals surface area contributed by atoms with Crippen LogP contribution in [-0.4, -0.2) is 30.1 Å². The second-order valence-corrected chi connectivity index (χ2v) is 4.97. The highest BCUT2D eigenvalue weighted by atomic mass is 15.2. The Labute approximate surface area is 110 Å². The number of hydrogen-bond donors (Lipinski definition) is 1. The predicted octanol–water partition coefficient (Wildman–Crippen LogP) is 2.14. The zero-order valence-corrected chi connectivity index (χ0v) is 11.6. The molecule has 0 spiro atoms. The van der Waals surface area contributed by atoms with Crippen molar-refractivity contribution in [2.75, 3.05) is 25.0 Å². The second kappa shape index (κ2) is 6.69. The van der Waals surface area contributed by atoms with Gasteiger partial charge in [0.25, 0.3) is 0 Å². The molecule has 2 heterocycles. The fourth-order valence-electron chi connectivity index (χ4n) is 2.47. The molecule has 1 N–H and O–H groups in total. The van der Waals surface area contributed by atoms with Crippen molar-refractivity contribution in [2.24, 2.45) is 0 Å². The Morgan fingerprint density at radius 3 is 2.72 bits per heavy atom. The van der Waals surface area contributed by atoms with E-state index >= 15 is 0 Å². The van der Waals surface area contributed by atoms with Crippen LogP contribution in [0.15, 0.2) is 6.20 Å². The van der Waals surface area contributed by atoms with Crippen LogP contribution in [0.3, 0.4) is 0 Å². The van der Waals surface area contributed by atoms with Gasteiger partial charge in [0.1, 0.15) is 0 Å². The third kappa shape index (κ3) is 3.19. The van der Waals surface area contributed by atoms with Crippen LogP contribution < -0.4 is 10.2 Å². The van der Waals surface area contributed by atoms with Crippen LogP contribution in [0.2, 0.25) is 0 Å². The van der Waals surface area contributed by atoms with Gasteiger partial charge >= 0.3 is 0 Å². The largest absolute Gasteiger partial charge is 0.341 e. The Morgan fingerprint density at radius 2 is 2.06 bits per heavy atom. The summed E-state index contributed by atoms with van der Waals surface area (Å²) in [5, 5.41) is 3.19. The molecule has 1 aromatic heterocycles. The van der Waals surface area contributed by atoms with Crippen molar-refractivity contribution in [1.82, 2.24) is 15.3 Å². The van der Waals surface area contributed by atoms with E-state index < -0.39 is 0 Å². The molecule has 4 heteroatoms. The summed E-state index contributed by atoms with van der Waals surface area (Å²) in [6.07, 6.45) is 8.05. The third-order valence-electron chi connectivity index (χ3n) is 3.43. The zero-order chi connectivity index (χ0) is 12.8. The maximum atomic E-state index is 4.78. The summed E-state index contributed by atoms with van der Waals surface area (Å²) >= 11 is 0. The molecule has 0 amide bonds. The lowest BCUT2D eigenvalue weighted by atomic mass is 10.1.